The SMILES string of the molecule is O=C(CCc1ccncc1)N1CCC[C@H](c2ncc[nH]2)C1. The van der Waals surface area contributed by atoms with Crippen molar-refractivity contribution in [3.8, 4) is 0 Å². The number of pyridine rings is 1. The van der Waals surface area contributed by atoms with E-state index in [4.69, 9.17) is 0 Å². The van der Waals surface area contributed by atoms with Crippen LogP contribution in [0.4, 0.5) is 0 Å². The van der Waals surface area contributed by atoms with E-state index in [-0.39, 0.29) is 5.91 Å². The standard InChI is InChI=1S/C16H20N4O/c21-15(4-3-13-5-7-17-8-6-13)20-11-1-2-14(12-20)16-18-9-10-19-16/h5-10,14H,1-4,11-12H2,(H,18,19)/t14-/m0/s1. The van der Waals surface area contributed by atoms with Crippen LogP contribution in [-0.4, -0.2) is 38.8 Å². The van der Waals surface area contributed by atoms with E-state index in [2.05, 4.69) is 15.0 Å². The first-order chi connectivity index (χ1) is 10.3. The minimum Gasteiger partial charge on any atom is -0.348 e. The fourth-order valence-electron chi connectivity index (χ4n) is 2.89. The lowest BCUT2D eigenvalue weighted by atomic mass is 9.97. The zero-order valence-electron chi connectivity index (χ0n) is 12.0. The van der Waals surface area contributed by atoms with Gasteiger partial charge in [0, 0.05) is 50.2 Å². The molecule has 2 aromatic rings. The lowest BCUT2D eigenvalue weighted by Crippen LogP contribution is -2.39. The topological polar surface area (TPSA) is 61.9 Å². The largest absolute Gasteiger partial charge is 0.348 e. The van der Waals surface area contributed by atoms with Gasteiger partial charge >= 0.3 is 0 Å². The molecule has 1 saturated heterocycles. The molecule has 5 nitrogen and oxygen atoms in total. The molecule has 0 aromatic carbocycles. The maximum Gasteiger partial charge on any atom is 0.222 e. The third kappa shape index (κ3) is 3.48. The van der Waals surface area contributed by atoms with Crippen molar-refractivity contribution in [1.29, 1.82) is 0 Å². The van der Waals surface area contributed by atoms with E-state index in [9.17, 15) is 4.79 Å². The van der Waals surface area contributed by atoms with E-state index in [0.29, 0.717) is 12.3 Å². The van der Waals surface area contributed by atoms with Gasteiger partial charge in [0.25, 0.3) is 0 Å². The molecular formula is C16H20N4O. The number of aromatic nitrogens is 3. The molecule has 0 unspecified atom stereocenters. The van der Waals surface area contributed by atoms with E-state index in [1.807, 2.05) is 23.2 Å². The number of hydrogen-bond acceptors (Lipinski definition) is 3. The molecule has 1 fully saturated rings. The number of aryl methyl sites for hydroxylation is 1. The summed E-state index contributed by atoms with van der Waals surface area (Å²) in [6.07, 6.45) is 10.7. The van der Waals surface area contributed by atoms with Crippen LogP contribution in [0, 0.1) is 0 Å². The Bertz CT molecular complexity index is 567. The first-order valence-electron chi connectivity index (χ1n) is 7.49. The number of amides is 1. The zero-order valence-corrected chi connectivity index (χ0v) is 12.0. The predicted molar refractivity (Wildman–Crippen MR) is 79.7 cm³/mol. The fraction of sp³-hybridized carbons (Fsp3) is 0.438. The van der Waals surface area contributed by atoms with Crippen molar-refractivity contribution in [2.24, 2.45) is 0 Å². The molecule has 2 aromatic heterocycles. The van der Waals surface area contributed by atoms with Gasteiger partial charge in [-0.25, -0.2) is 4.98 Å². The van der Waals surface area contributed by atoms with Crippen LogP contribution in [-0.2, 0) is 11.2 Å². The number of H-pyrrole nitrogens is 1. The number of likely N-dealkylation sites (tertiary alicyclic amines) is 1. The Balaban J connectivity index is 1.55. The van der Waals surface area contributed by atoms with Crippen molar-refractivity contribution >= 4 is 5.91 Å². The predicted octanol–water partition coefficient (Wildman–Crippen LogP) is 2.14. The average Bonchev–Trinajstić information content (AvgIpc) is 3.08. The Kier molecular flexibility index (Phi) is 4.28. The molecule has 5 heteroatoms. The Hall–Kier alpha value is -2.17. The molecule has 0 bridgehead atoms. The summed E-state index contributed by atoms with van der Waals surface area (Å²) in [4.78, 5) is 25.8. The fourth-order valence-corrected chi connectivity index (χ4v) is 2.89. The first-order valence-corrected chi connectivity index (χ1v) is 7.49. The summed E-state index contributed by atoms with van der Waals surface area (Å²) < 4.78 is 0. The zero-order chi connectivity index (χ0) is 14.5. The second-order valence-corrected chi connectivity index (χ2v) is 5.51. The highest BCUT2D eigenvalue weighted by atomic mass is 16.2. The number of imidazole rings is 1. The summed E-state index contributed by atoms with van der Waals surface area (Å²) in [5, 5.41) is 0. The van der Waals surface area contributed by atoms with Gasteiger partial charge in [-0.05, 0) is 37.0 Å². The van der Waals surface area contributed by atoms with Gasteiger partial charge in [-0.2, -0.15) is 0 Å². The minimum absolute atomic E-state index is 0.239. The van der Waals surface area contributed by atoms with Crippen LogP contribution in [0.5, 0.6) is 0 Å². The lowest BCUT2D eigenvalue weighted by Gasteiger charge is -2.32. The summed E-state index contributed by atoms with van der Waals surface area (Å²) in [5.41, 5.74) is 1.16. The monoisotopic (exact) mass is 284 g/mol. The molecule has 0 saturated carbocycles. The van der Waals surface area contributed by atoms with Crippen LogP contribution >= 0.6 is 0 Å². The van der Waals surface area contributed by atoms with Crippen LogP contribution in [0.25, 0.3) is 0 Å². The van der Waals surface area contributed by atoms with Crippen molar-refractivity contribution in [3.63, 3.8) is 0 Å². The number of piperidine rings is 1. The molecule has 1 atom stereocenters. The van der Waals surface area contributed by atoms with Crippen molar-refractivity contribution in [3.05, 3.63) is 48.3 Å². The Morgan fingerprint density at radius 3 is 2.95 bits per heavy atom. The van der Waals surface area contributed by atoms with Gasteiger partial charge in [-0.1, -0.05) is 0 Å². The van der Waals surface area contributed by atoms with Gasteiger partial charge in [-0.15, -0.1) is 0 Å². The molecule has 0 radical (unpaired) electrons. The maximum atomic E-state index is 12.4. The van der Waals surface area contributed by atoms with Crippen LogP contribution < -0.4 is 0 Å². The normalized spacial score (nSPS) is 18.7. The number of carbonyl (C=O) groups is 1. The third-order valence-corrected chi connectivity index (χ3v) is 4.06. The maximum absolute atomic E-state index is 12.4. The van der Waals surface area contributed by atoms with Gasteiger partial charge in [0.15, 0.2) is 0 Å². The summed E-state index contributed by atoms with van der Waals surface area (Å²) in [5.74, 6) is 1.59. The van der Waals surface area contributed by atoms with Crippen molar-refractivity contribution in [2.45, 2.75) is 31.6 Å². The Labute approximate surface area is 124 Å². The number of aromatic amines is 1. The summed E-state index contributed by atoms with van der Waals surface area (Å²) in [6.45, 7) is 1.65. The molecule has 1 aliphatic rings. The second-order valence-electron chi connectivity index (χ2n) is 5.51. The number of rotatable bonds is 4. The Morgan fingerprint density at radius 2 is 2.19 bits per heavy atom. The summed E-state index contributed by atoms with van der Waals surface area (Å²) >= 11 is 0. The molecule has 3 rings (SSSR count). The molecule has 1 N–H and O–H groups in total. The van der Waals surface area contributed by atoms with Gasteiger partial charge in [0.1, 0.15) is 5.82 Å². The molecule has 3 heterocycles. The highest BCUT2D eigenvalue weighted by Gasteiger charge is 2.25. The summed E-state index contributed by atoms with van der Waals surface area (Å²) in [6, 6.07) is 3.93. The van der Waals surface area contributed by atoms with Crippen molar-refractivity contribution < 1.29 is 4.79 Å². The van der Waals surface area contributed by atoms with Gasteiger partial charge in [0.2, 0.25) is 5.91 Å². The second kappa shape index (κ2) is 6.52. The van der Waals surface area contributed by atoms with Gasteiger partial charge < -0.3 is 9.88 Å². The van der Waals surface area contributed by atoms with Gasteiger partial charge in [0.05, 0.1) is 0 Å². The number of nitrogens with one attached hydrogen (secondary N) is 1. The van der Waals surface area contributed by atoms with Crippen LogP contribution in [0.2, 0.25) is 0 Å². The highest BCUT2D eigenvalue weighted by molar-refractivity contribution is 5.76. The average molecular weight is 284 g/mol. The van der Waals surface area contributed by atoms with Crippen molar-refractivity contribution in [2.75, 3.05) is 13.1 Å². The first kappa shape index (κ1) is 13.8. The highest BCUT2D eigenvalue weighted by Crippen LogP contribution is 2.24. The van der Waals surface area contributed by atoms with Crippen molar-refractivity contribution in [1.82, 2.24) is 19.9 Å². The number of hydrogen-bond donors (Lipinski definition) is 1. The van der Waals surface area contributed by atoms with E-state index in [1.165, 1.54) is 0 Å². The van der Waals surface area contributed by atoms with Gasteiger partial charge in [-0.3, -0.25) is 9.78 Å². The molecule has 1 amide bonds. The number of nitrogens with zero attached hydrogens (tertiary/aromatic N) is 3. The van der Waals surface area contributed by atoms with E-state index >= 15 is 0 Å². The quantitative estimate of drug-likeness (QED) is 0.935. The molecule has 0 aliphatic carbocycles. The van der Waals surface area contributed by atoms with Crippen LogP contribution in [0.3, 0.4) is 0 Å². The molecule has 21 heavy (non-hydrogen) atoms. The van der Waals surface area contributed by atoms with E-state index in [1.54, 1.807) is 18.6 Å². The lowest BCUT2D eigenvalue weighted by molar-refractivity contribution is -0.132. The smallest absolute Gasteiger partial charge is 0.222 e. The molecule has 1 aliphatic heterocycles. The summed E-state index contributed by atoms with van der Waals surface area (Å²) in [7, 11) is 0. The third-order valence-electron chi connectivity index (χ3n) is 4.06. The molecular weight excluding hydrogens is 264 g/mol. The van der Waals surface area contributed by atoms with Crippen LogP contribution in [0.1, 0.15) is 36.6 Å². The number of carbonyl (C=O) groups excluding carboxylic acids is 1. The molecule has 110 valence electrons. The van der Waals surface area contributed by atoms with Crippen LogP contribution in [0.15, 0.2) is 36.9 Å². The van der Waals surface area contributed by atoms with E-state index < -0.39 is 0 Å². The molecule has 0 spiro atoms. The minimum atomic E-state index is 0.239. The van der Waals surface area contributed by atoms with E-state index in [0.717, 1.165) is 43.7 Å². The Morgan fingerprint density at radius 1 is 1.33 bits per heavy atom.